The first-order chi connectivity index (χ1) is 7.58. The molecule has 0 spiro atoms. The molecule has 0 amide bonds. The molecular weight excluding hydrogens is 200 g/mol. The number of benzene rings is 1. The van der Waals surface area contributed by atoms with E-state index in [1.165, 1.54) is 18.1 Å². The summed E-state index contributed by atoms with van der Waals surface area (Å²) in [4.78, 5) is 10.6. The van der Waals surface area contributed by atoms with Crippen LogP contribution in [0.4, 0.5) is 0 Å². The highest BCUT2D eigenvalue weighted by atomic mass is 16.5. The smallest absolute Gasteiger partial charge is 0.302 e. The average molecular weight is 218 g/mol. The van der Waals surface area contributed by atoms with E-state index in [1.807, 2.05) is 19.1 Å². The van der Waals surface area contributed by atoms with E-state index in [0.29, 0.717) is 6.61 Å². The van der Waals surface area contributed by atoms with E-state index in [-0.39, 0.29) is 11.9 Å². The fourth-order valence-electron chi connectivity index (χ4n) is 1.26. The summed E-state index contributed by atoms with van der Waals surface area (Å²) in [5, 5.41) is 0. The van der Waals surface area contributed by atoms with Crippen molar-refractivity contribution < 1.29 is 9.53 Å². The summed E-state index contributed by atoms with van der Waals surface area (Å²) in [6.45, 7) is 5.96. The van der Waals surface area contributed by atoms with Gasteiger partial charge in [0.15, 0.2) is 0 Å². The van der Waals surface area contributed by atoms with E-state index in [2.05, 4.69) is 31.2 Å². The predicted octanol–water partition coefficient (Wildman–Crippen LogP) is 3.21. The van der Waals surface area contributed by atoms with Crippen LogP contribution in [0.2, 0.25) is 0 Å². The molecule has 0 saturated carbocycles. The number of hydrogen-bond donors (Lipinski definition) is 0. The molecule has 0 N–H and O–H groups in total. The summed E-state index contributed by atoms with van der Waals surface area (Å²) in [5.74, 6) is 0.0146. The van der Waals surface area contributed by atoms with Gasteiger partial charge in [-0.1, -0.05) is 48.9 Å². The summed E-state index contributed by atoms with van der Waals surface area (Å²) >= 11 is 0. The third-order valence-corrected chi connectivity index (χ3v) is 2.24. The highest BCUT2D eigenvalue weighted by molar-refractivity contribution is 5.65. The lowest BCUT2D eigenvalue weighted by Crippen LogP contribution is -2.06. The summed E-state index contributed by atoms with van der Waals surface area (Å²) in [6.07, 6.45) is 4.10. The van der Waals surface area contributed by atoms with E-state index in [0.717, 1.165) is 0 Å². The Labute approximate surface area is 96.9 Å². The molecule has 0 aliphatic rings. The molecule has 0 bridgehead atoms. The Bertz CT molecular complexity index is 363. The molecule has 86 valence electrons. The number of ether oxygens (including phenoxy) is 1. The van der Waals surface area contributed by atoms with Gasteiger partial charge in [0, 0.05) is 12.8 Å². The molecule has 0 radical (unpaired) electrons. The quantitative estimate of drug-likeness (QED) is 0.725. The lowest BCUT2D eigenvalue weighted by atomic mass is 10.1. The molecule has 0 heterocycles. The fraction of sp³-hybridized carbons (Fsp3) is 0.357. The van der Waals surface area contributed by atoms with Crippen LogP contribution in [0.5, 0.6) is 0 Å². The van der Waals surface area contributed by atoms with Crippen LogP contribution in [0, 0.1) is 12.8 Å². The van der Waals surface area contributed by atoms with Crippen LogP contribution in [-0.4, -0.2) is 12.6 Å². The SMILES string of the molecule is CC(=O)OC[C@@H](C)C=Cc1ccc(C)cc1. The third-order valence-electron chi connectivity index (χ3n) is 2.24. The molecule has 1 rings (SSSR count). The van der Waals surface area contributed by atoms with E-state index >= 15 is 0 Å². The highest BCUT2D eigenvalue weighted by Crippen LogP contribution is 2.07. The first-order valence-corrected chi connectivity index (χ1v) is 5.46. The van der Waals surface area contributed by atoms with Crippen LogP contribution in [0.1, 0.15) is 25.0 Å². The van der Waals surface area contributed by atoms with E-state index in [4.69, 9.17) is 4.74 Å². The molecule has 2 heteroatoms. The van der Waals surface area contributed by atoms with Crippen LogP contribution in [0.15, 0.2) is 30.3 Å². The fourth-order valence-corrected chi connectivity index (χ4v) is 1.26. The first kappa shape index (κ1) is 12.5. The van der Waals surface area contributed by atoms with E-state index in [1.54, 1.807) is 0 Å². The maximum atomic E-state index is 10.6. The minimum Gasteiger partial charge on any atom is -0.465 e. The number of rotatable bonds is 4. The van der Waals surface area contributed by atoms with Gasteiger partial charge < -0.3 is 4.74 Å². The van der Waals surface area contributed by atoms with Crippen molar-refractivity contribution in [3.05, 3.63) is 41.5 Å². The number of esters is 1. The largest absolute Gasteiger partial charge is 0.465 e. The summed E-state index contributed by atoms with van der Waals surface area (Å²) < 4.78 is 4.92. The Balaban J connectivity index is 2.46. The number of carbonyl (C=O) groups excluding carboxylic acids is 1. The van der Waals surface area contributed by atoms with E-state index in [9.17, 15) is 4.79 Å². The highest BCUT2D eigenvalue weighted by Gasteiger charge is 1.99. The standard InChI is InChI=1S/C14H18O2/c1-11-4-7-14(8-5-11)9-6-12(2)10-16-13(3)15/h4-9,12H,10H2,1-3H3/t12-/m0/s1. The molecule has 0 unspecified atom stereocenters. The van der Waals surface area contributed by atoms with Gasteiger partial charge in [0.1, 0.15) is 0 Å². The summed E-state index contributed by atoms with van der Waals surface area (Å²) in [5.41, 5.74) is 2.42. The van der Waals surface area contributed by atoms with Crippen LogP contribution in [0.25, 0.3) is 6.08 Å². The molecule has 1 aromatic rings. The van der Waals surface area contributed by atoms with E-state index < -0.39 is 0 Å². The monoisotopic (exact) mass is 218 g/mol. The molecule has 0 aliphatic heterocycles. The molecule has 2 nitrogen and oxygen atoms in total. The summed E-state index contributed by atoms with van der Waals surface area (Å²) in [7, 11) is 0. The second-order valence-corrected chi connectivity index (χ2v) is 4.05. The van der Waals surface area contributed by atoms with Gasteiger partial charge in [0.2, 0.25) is 0 Å². The Kier molecular flexibility index (Phi) is 4.77. The Morgan fingerprint density at radius 2 is 2.00 bits per heavy atom. The predicted molar refractivity (Wildman–Crippen MR) is 66.0 cm³/mol. The number of hydrogen-bond acceptors (Lipinski definition) is 2. The van der Waals surface area contributed by atoms with Crippen molar-refractivity contribution in [2.45, 2.75) is 20.8 Å². The summed E-state index contributed by atoms with van der Waals surface area (Å²) in [6, 6.07) is 8.31. The maximum Gasteiger partial charge on any atom is 0.302 e. The lowest BCUT2D eigenvalue weighted by molar-refractivity contribution is -0.141. The first-order valence-electron chi connectivity index (χ1n) is 5.46. The minimum atomic E-state index is -0.226. The zero-order valence-electron chi connectivity index (χ0n) is 10.1. The Morgan fingerprint density at radius 1 is 1.38 bits per heavy atom. The van der Waals surface area contributed by atoms with Crippen molar-refractivity contribution in [1.82, 2.24) is 0 Å². The van der Waals surface area contributed by atoms with Gasteiger partial charge in [-0.2, -0.15) is 0 Å². The zero-order valence-corrected chi connectivity index (χ0v) is 10.1. The van der Waals surface area contributed by atoms with Crippen molar-refractivity contribution in [3.8, 4) is 0 Å². The van der Waals surface area contributed by atoms with Crippen LogP contribution in [0.3, 0.4) is 0 Å². The molecule has 16 heavy (non-hydrogen) atoms. The van der Waals surface area contributed by atoms with Crippen LogP contribution in [-0.2, 0) is 9.53 Å². The number of aryl methyl sites for hydroxylation is 1. The van der Waals surface area contributed by atoms with Gasteiger partial charge in [0.25, 0.3) is 0 Å². The van der Waals surface area contributed by atoms with Crippen molar-refractivity contribution in [3.63, 3.8) is 0 Å². The van der Waals surface area contributed by atoms with Crippen LogP contribution < -0.4 is 0 Å². The van der Waals surface area contributed by atoms with Crippen molar-refractivity contribution in [2.24, 2.45) is 5.92 Å². The Hall–Kier alpha value is -1.57. The van der Waals surface area contributed by atoms with Gasteiger partial charge in [-0.05, 0) is 12.5 Å². The molecular formula is C14H18O2. The normalized spacial score (nSPS) is 12.7. The third kappa shape index (κ3) is 4.78. The minimum absolute atomic E-state index is 0.226. The topological polar surface area (TPSA) is 26.3 Å². The average Bonchev–Trinajstić information content (AvgIpc) is 2.25. The zero-order chi connectivity index (χ0) is 12.0. The molecule has 0 fully saturated rings. The van der Waals surface area contributed by atoms with Gasteiger partial charge in [0.05, 0.1) is 6.61 Å². The van der Waals surface area contributed by atoms with Gasteiger partial charge in [-0.15, -0.1) is 0 Å². The Morgan fingerprint density at radius 3 is 2.56 bits per heavy atom. The molecule has 0 aliphatic carbocycles. The van der Waals surface area contributed by atoms with Gasteiger partial charge >= 0.3 is 5.97 Å². The molecule has 0 saturated heterocycles. The van der Waals surface area contributed by atoms with Crippen molar-refractivity contribution >= 4 is 12.0 Å². The lowest BCUT2D eigenvalue weighted by Gasteiger charge is -2.05. The van der Waals surface area contributed by atoms with Gasteiger partial charge in [-0.3, -0.25) is 4.79 Å². The molecule has 0 aromatic heterocycles. The maximum absolute atomic E-state index is 10.6. The van der Waals surface area contributed by atoms with Gasteiger partial charge in [-0.25, -0.2) is 0 Å². The number of carbonyl (C=O) groups is 1. The van der Waals surface area contributed by atoms with Crippen molar-refractivity contribution in [1.29, 1.82) is 0 Å². The molecule has 1 aromatic carbocycles. The second kappa shape index (κ2) is 6.11. The van der Waals surface area contributed by atoms with Crippen molar-refractivity contribution in [2.75, 3.05) is 6.61 Å². The molecule has 1 atom stereocenters. The van der Waals surface area contributed by atoms with Crippen LogP contribution >= 0.6 is 0 Å². The second-order valence-electron chi connectivity index (χ2n) is 4.05.